The van der Waals surface area contributed by atoms with Gasteiger partial charge in [-0.05, 0) is 33.6 Å². The molecule has 0 fully saturated rings. The molecule has 0 aromatic carbocycles. The van der Waals surface area contributed by atoms with Crippen LogP contribution >= 0.6 is 20.2 Å². The Morgan fingerprint density at radius 1 is 1.12 bits per heavy atom. The van der Waals surface area contributed by atoms with Crippen molar-refractivity contribution in [2.75, 3.05) is 0 Å². The Hall–Kier alpha value is 0.240. The number of hydrogen-bond donors (Lipinski definition) is 1. The molecule has 0 aromatic rings. The molecule has 0 radical (unpaired) electrons. The topological polar surface area (TPSA) is 35.5 Å². The average molecular weight is 266 g/mol. The van der Waals surface area contributed by atoms with Crippen LogP contribution in [0, 0.1) is 5.92 Å². The van der Waals surface area contributed by atoms with Crippen molar-refractivity contribution in [3.8, 4) is 0 Å². The molecule has 5 heteroatoms. The van der Waals surface area contributed by atoms with Crippen LogP contribution < -0.4 is 0 Å². The summed E-state index contributed by atoms with van der Waals surface area (Å²) in [5.41, 5.74) is 0. The van der Waals surface area contributed by atoms with Crippen LogP contribution in [0.25, 0.3) is 0 Å². The van der Waals surface area contributed by atoms with Crippen molar-refractivity contribution in [2.24, 2.45) is 5.92 Å². The molecule has 0 N–H and O–H groups in total. The third-order valence-electron chi connectivity index (χ3n) is 1.88. The molecule has 16 heavy (non-hydrogen) atoms. The summed E-state index contributed by atoms with van der Waals surface area (Å²) in [6.07, 6.45) is 1.39. The first kappa shape index (κ1) is 16.2. The standard InChI is InChI=1S/C11H23O3PS/c1-7-10(6)11(16)15(12,13-8(2)3)14-9(4)5/h7-11,16H,1H2,2-6H3. The minimum atomic E-state index is -3.20. The summed E-state index contributed by atoms with van der Waals surface area (Å²) in [4.78, 5) is -0.477. The smallest absolute Gasteiger partial charge is 0.305 e. The molecule has 0 saturated heterocycles. The third kappa shape index (κ3) is 5.05. The lowest BCUT2D eigenvalue weighted by Crippen LogP contribution is -2.18. The second-order valence-electron chi connectivity index (χ2n) is 4.36. The van der Waals surface area contributed by atoms with Crippen molar-refractivity contribution in [1.29, 1.82) is 0 Å². The maximum absolute atomic E-state index is 12.6. The molecular formula is C11H23O3PS. The number of rotatable bonds is 7. The van der Waals surface area contributed by atoms with Crippen molar-refractivity contribution >= 4 is 20.2 Å². The third-order valence-corrected chi connectivity index (χ3v) is 5.75. The molecule has 2 unspecified atom stereocenters. The Kier molecular flexibility index (Phi) is 6.95. The van der Waals surface area contributed by atoms with Crippen LogP contribution in [0.3, 0.4) is 0 Å². The fourth-order valence-electron chi connectivity index (χ4n) is 1.15. The van der Waals surface area contributed by atoms with Gasteiger partial charge >= 0.3 is 7.60 Å². The van der Waals surface area contributed by atoms with Crippen LogP contribution in [-0.4, -0.2) is 17.2 Å². The zero-order chi connectivity index (χ0) is 12.9. The molecular weight excluding hydrogens is 243 g/mol. The maximum atomic E-state index is 12.6. The first-order valence-electron chi connectivity index (χ1n) is 5.50. The second kappa shape index (κ2) is 6.85. The van der Waals surface area contributed by atoms with Gasteiger partial charge in [-0.15, -0.1) is 6.58 Å². The molecule has 96 valence electrons. The minimum Gasteiger partial charge on any atom is -0.305 e. The van der Waals surface area contributed by atoms with Gasteiger partial charge < -0.3 is 9.05 Å². The van der Waals surface area contributed by atoms with E-state index >= 15 is 0 Å². The highest BCUT2D eigenvalue weighted by molar-refractivity contribution is 7.90. The summed E-state index contributed by atoms with van der Waals surface area (Å²) in [7, 11) is -3.20. The van der Waals surface area contributed by atoms with Gasteiger partial charge in [-0.2, -0.15) is 12.6 Å². The fraction of sp³-hybridized carbons (Fsp3) is 0.818. The fourth-order valence-corrected chi connectivity index (χ4v) is 3.77. The zero-order valence-corrected chi connectivity index (χ0v) is 12.5. The van der Waals surface area contributed by atoms with E-state index in [1.807, 2.05) is 34.6 Å². The molecule has 0 rings (SSSR count). The van der Waals surface area contributed by atoms with Crippen molar-refractivity contribution in [3.05, 3.63) is 12.7 Å². The Balaban J connectivity index is 4.90. The molecule has 0 heterocycles. The number of allylic oxidation sites excluding steroid dienone is 1. The van der Waals surface area contributed by atoms with Gasteiger partial charge in [0.05, 0.1) is 12.2 Å². The summed E-state index contributed by atoms with van der Waals surface area (Å²) in [5, 5.41) is 0. The molecule has 0 amide bonds. The summed E-state index contributed by atoms with van der Waals surface area (Å²) in [6.45, 7) is 12.9. The van der Waals surface area contributed by atoms with E-state index in [1.165, 1.54) is 0 Å². The predicted octanol–water partition coefficient (Wildman–Crippen LogP) is 4.11. The number of thiol groups is 1. The van der Waals surface area contributed by atoms with Gasteiger partial charge in [0.1, 0.15) is 4.99 Å². The van der Waals surface area contributed by atoms with Gasteiger partial charge in [0.25, 0.3) is 0 Å². The van der Waals surface area contributed by atoms with Crippen LogP contribution in [0.2, 0.25) is 0 Å². The van der Waals surface area contributed by atoms with Crippen LogP contribution in [0.1, 0.15) is 34.6 Å². The lowest BCUT2D eigenvalue weighted by molar-refractivity contribution is 0.139. The Morgan fingerprint density at radius 2 is 1.50 bits per heavy atom. The highest BCUT2D eigenvalue weighted by atomic mass is 32.1. The molecule has 0 aliphatic rings. The lowest BCUT2D eigenvalue weighted by Gasteiger charge is -2.29. The van der Waals surface area contributed by atoms with E-state index in [1.54, 1.807) is 6.08 Å². The maximum Gasteiger partial charge on any atom is 0.344 e. The van der Waals surface area contributed by atoms with Crippen molar-refractivity contribution in [2.45, 2.75) is 51.8 Å². The van der Waals surface area contributed by atoms with Crippen molar-refractivity contribution < 1.29 is 13.6 Å². The van der Waals surface area contributed by atoms with Crippen LogP contribution in [0.15, 0.2) is 12.7 Å². The molecule has 2 atom stereocenters. The SMILES string of the molecule is C=CC(C)C(S)P(=O)(OC(C)C)OC(C)C. The van der Waals surface area contributed by atoms with Crippen LogP contribution in [-0.2, 0) is 13.6 Å². The number of hydrogen-bond acceptors (Lipinski definition) is 4. The van der Waals surface area contributed by atoms with Gasteiger partial charge in [0.15, 0.2) is 0 Å². The van der Waals surface area contributed by atoms with Crippen molar-refractivity contribution in [3.63, 3.8) is 0 Å². The molecule has 0 aliphatic heterocycles. The Labute approximate surface area is 105 Å². The van der Waals surface area contributed by atoms with E-state index in [0.29, 0.717) is 0 Å². The first-order chi connectivity index (χ1) is 7.23. The highest BCUT2D eigenvalue weighted by Gasteiger charge is 2.38. The molecule has 0 aromatic heterocycles. The van der Waals surface area contributed by atoms with Gasteiger partial charge in [0.2, 0.25) is 0 Å². The van der Waals surface area contributed by atoms with E-state index in [9.17, 15) is 4.57 Å². The summed E-state index contributed by atoms with van der Waals surface area (Å²) in [5.74, 6) is -0.0355. The zero-order valence-electron chi connectivity index (χ0n) is 10.7. The van der Waals surface area contributed by atoms with Crippen molar-refractivity contribution in [1.82, 2.24) is 0 Å². The quantitative estimate of drug-likeness (QED) is 0.428. The summed E-state index contributed by atoms with van der Waals surface area (Å²) >= 11 is 4.35. The molecule has 0 bridgehead atoms. The minimum absolute atomic E-state index is 0.0355. The normalized spacial score (nSPS) is 16.5. The summed E-state index contributed by atoms with van der Waals surface area (Å²) in [6, 6.07) is 0. The van der Waals surface area contributed by atoms with Gasteiger partial charge in [-0.25, -0.2) is 0 Å². The molecule has 3 nitrogen and oxygen atoms in total. The predicted molar refractivity (Wildman–Crippen MR) is 72.2 cm³/mol. The van der Waals surface area contributed by atoms with Crippen LogP contribution in [0.4, 0.5) is 0 Å². The molecule has 0 aliphatic carbocycles. The van der Waals surface area contributed by atoms with Gasteiger partial charge in [-0.3, -0.25) is 4.57 Å². The van der Waals surface area contributed by atoms with Gasteiger partial charge in [0, 0.05) is 0 Å². The Morgan fingerprint density at radius 3 is 1.75 bits per heavy atom. The largest absolute Gasteiger partial charge is 0.344 e. The monoisotopic (exact) mass is 266 g/mol. The summed E-state index contributed by atoms with van der Waals surface area (Å²) < 4.78 is 23.5. The average Bonchev–Trinajstić information content (AvgIpc) is 2.12. The molecule has 0 saturated carbocycles. The molecule has 0 spiro atoms. The van der Waals surface area contributed by atoms with Gasteiger partial charge in [-0.1, -0.05) is 13.0 Å². The second-order valence-corrected chi connectivity index (χ2v) is 7.38. The van der Waals surface area contributed by atoms with Crippen LogP contribution in [0.5, 0.6) is 0 Å². The lowest BCUT2D eigenvalue weighted by atomic mass is 10.2. The van der Waals surface area contributed by atoms with E-state index in [4.69, 9.17) is 9.05 Å². The first-order valence-corrected chi connectivity index (χ1v) is 7.63. The van der Waals surface area contributed by atoms with E-state index < -0.39 is 12.6 Å². The van der Waals surface area contributed by atoms with E-state index in [2.05, 4.69) is 19.2 Å². The Bertz CT molecular complexity index is 252. The van der Waals surface area contributed by atoms with E-state index in [-0.39, 0.29) is 18.1 Å². The van der Waals surface area contributed by atoms with E-state index in [0.717, 1.165) is 0 Å². The highest BCUT2D eigenvalue weighted by Crippen LogP contribution is 2.58.